The molecule has 1 nitrogen and oxygen atoms in total. The van der Waals surface area contributed by atoms with Gasteiger partial charge < -0.3 is 5.11 Å². The summed E-state index contributed by atoms with van der Waals surface area (Å²) in [5.41, 5.74) is -1.90. The third-order valence-corrected chi connectivity index (χ3v) is 4.49. The maximum absolute atomic E-state index is 13.1. The molecular formula is C11H15BrF2O. The quantitative estimate of drug-likeness (QED) is 0.575. The number of aliphatic hydroxyl groups is 1. The van der Waals surface area contributed by atoms with E-state index in [4.69, 9.17) is 0 Å². The zero-order chi connectivity index (χ0) is 11.2. The van der Waals surface area contributed by atoms with Gasteiger partial charge in [-0.25, -0.2) is 0 Å². The van der Waals surface area contributed by atoms with Crippen LogP contribution in [0.1, 0.15) is 38.5 Å². The zero-order valence-corrected chi connectivity index (χ0v) is 10.1. The molecule has 0 heterocycles. The molecule has 86 valence electrons. The molecular weight excluding hydrogens is 266 g/mol. The average molecular weight is 281 g/mol. The largest absolute Gasteiger partial charge is 0.378 e. The van der Waals surface area contributed by atoms with Crippen molar-refractivity contribution in [3.8, 4) is 0 Å². The minimum Gasteiger partial charge on any atom is -0.378 e. The fourth-order valence-electron chi connectivity index (χ4n) is 2.65. The van der Waals surface area contributed by atoms with Crippen LogP contribution in [0, 0.1) is 5.41 Å². The minimum absolute atomic E-state index is 0.102. The Morgan fingerprint density at radius 3 is 2.07 bits per heavy atom. The summed E-state index contributed by atoms with van der Waals surface area (Å²) in [4.78, 5) is -3.23. The van der Waals surface area contributed by atoms with E-state index in [-0.39, 0.29) is 11.8 Å². The van der Waals surface area contributed by atoms with Crippen LogP contribution in [0.3, 0.4) is 0 Å². The smallest absolute Gasteiger partial charge is 0.332 e. The van der Waals surface area contributed by atoms with Gasteiger partial charge in [-0.3, -0.25) is 0 Å². The van der Waals surface area contributed by atoms with Gasteiger partial charge in [0.1, 0.15) is 0 Å². The second kappa shape index (κ2) is 3.52. The lowest BCUT2D eigenvalue weighted by atomic mass is 9.73. The van der Waals surface area contributed by atoms with Crippen molar-refractivity contribution in [1.82, 2.24) is 0 Å². The van der Waals surface area contributed by atoms with Crippen molar-refractivity contribution in [2.75, 3.05) is 0 Å². The summed E-state index contributed by atoms with van der Waals surface area (Å²) >= 11 is 2.26. The normalized spacial score (nSPS) is 34.9. The van der Waals surface area contributed by atoms with E-state index in [0.717, 1.165) is 12.8 Å². The number of rotatable bonds is 1. The lowest BCUT2D eigenvalue weighted by Crippen LogP contribution is -2.45. The summed E-state index contributed by atoms with van der Waals surface area (Å²) < 4.78 is 26.2. The van der Waals surface area contributed by atoms with Gasteiger partial charge in [0.2, 0.25) is 0 Å². The molecule has 0 aromatic heterocycles. The highest BCUT2D eigenvalue weighted by Crippen LogP contribution is 2.51. The second-order valence-electron chi connectivity index (χ2n) is 4.82. The molecule has 1 atom stereocenters. The summed E-state index contributed by atoms with van der Waals surface area (Å²) in [6.45, 7) is 0. The van der Waals surface area contributed by atoms with Gasteiger partial charge >= 0.3 is 4.83 Å². The van der Waals surface area contributed by atoms with Gasteiger partial charge in [-0.1, -0.05) is 18.9 Å². The molecule has 0 radical (unpaired) electrons. The molecule has 1 spiro atoms. The lowest BCUT2D eigenvalue weighted by molar-refractivity contribution is -0.0960. The van der Waals surface area contributed by atoms with Crippen molar-refractivity contribution < 1.29 is 13.9 Å². The first-order valence-corrected chi connectivity index (χ1v) is 6.16. The van der Waals surface area contributed by atoms with Crippen LogP contribution in [0.25, 0.3) is 0 Å². The molecule has 0 saturated heterocycles. The van der Waals surface area contributed by atoms with Crippen molar-refractivity contribution in [2.24, 2.45) is 5.41 Å². The Morgan fingerprint density at radius 2 is 1.67 bits per heavy atom. The van der Waals surface area contributed by atoms with Gasteiger partial charge in [0.05, 0.1) is 0 Å². The van der Waals surface area contributed by atoms with Crippen LogP contribution < -0.4 is 0 Å². The molecule has 2 rings (SSSR count). The molecule has 0 aliphatic heterocycles. The van der Waals surface area contributed by atoms with E-state index in [1.54, 1.807) is 0 Å². The first-order chi connectivity index (χ1) is 6.87. The lowest BCUT2D eigenvalue weighted by Gasteiger charge is -2.38. The van der Waals surface area contributed by atoms with E-state index in [0.29, 0.717) is 6.42 Å². The van der Waals surface area contributed by atoms with Gasteiger partial charge in [-0.2, -0.15) is 8.78 Å². The van der Waals surface area contributed by atoms with Crippen LogP contribution in [0.2, 0.25) is 0 Å². The average Bonchev–Trinajstić information content (AvgIpc) is 2.58. The van der Waals surface area contributed by atoms with Crippen molar-refractivity contribution in [3.63, 3.8) is 0 Å². The van der Waals surface area contributed by atoms with Gasteiger partial charge in [0.25, 0.3) is 0 Å². The first-order valence-electron chi connectivity index (χ1n) is 5.37. The van der Waals surface area contributed by atoms with Crippen molar-refractivity contribution in [3.05, 3.63) is 12.2 Å². The Kier molecular flexibility index (Phi) is 2.70. The van der Waals surface area contributed by atoms with Crippen molar-refractivity contribution >= 4 is 15.9 Å². The molecule has 1 saturated carbocycles. The van der Waals surface area contributed by atoms with Crippen LogP contribution in [-0.4, -0.2) is 15.5 Å². The Morgan fingerprint density at radius 1 is 1.07 bits per heavy atom. The summed E-state index contributed by atoms with van der Waals surface area (Å²) in [7, 11) is 0. The molecule has 1 fully saturated rings. The van der Waals surface area contributed by atoms with E-state index in [2.05, 4.69) is 15.9 Å². The van der Waals surface area contributed by atoms with E-state index in [1.807, 2.05) is 6.08 Å². The highest BCUT2D eigenvalue weighted by Gasteiger charge is 2.52. The van der Waals surface area contributed by atoms with Gasteiger partial charge in [0.15, 0.2) is 5.60 Å². The SMILES string of the molecule is OC1(C(F)(F)Br)C=CC2(CCCC2)CC1. The fourth-order valence-corrected chi connectivity index (χ4v) is 2.98. The predicted octanol–water partition coefficient (Wildman–Crippen LogP) is 3.62. The molecule has 0 bridgehead atoms. The molecule has 1 N–H and O–H groups in total. The monoisotopic (exact) mass is 280 g/mol. The Hall–Kier alpha value is 0.0400. The summed E-state index contributed by atoms with van der Waals surface area (Å²) in [6.07, 6.45) is 8.43. The molecule has 4 heteroatoms. The Bertz CT molecular complexity index is 279. The number of hydrogen-bond donors (Lipinski definition) is 1. The highest BCUT2D eigenvalue weighted by atomic mass is 79.9. The van der Waals surface area contributed by atoms with E-state index in [9.17, 15) is 13.9 Å². The van der Waals surface area contributed by atoms with E-state index >= 15 is 0 Å². The third kappa shape index (κ3) is 1.98. The van der Waals surface area contributed by atoms with E-state index < -0.39 is 10.4 Å². The van der Waals surface area contributed by atoms with Crippen LogP contribution in [0.15, 0.2) is 12.2 Å². The molecule has 0 aromatic carbocycles. The van der Waals surface area contributed by atoms with E-state index in [1.165, 1.54) is 18.9 Å². The highest BCUT2D eigenvalue weighted by molar-refractivity contribution is 9.10. The topological polar surface area (TPSA) is 20.2 Å². The van der Waals surface area contributed by atoms with Gasteiger partial charge in [-0.05, 0) is 53.1 Å². The summed E-state index contributed by atoms with van der Waals surface area (Å²) in [5.74, 6) is 0. The first kappa shape index (κ1) is 11.5. The van der Waals surface area contributed by atoms with Gasteiger partial charge in [0, 0.05) is 0 Å². The molecule has 0 amide bonds. The zero-order valence-electron chi connectivity index (χ0n) is 8.48. The molecule has 2 aliphatic carbocycles. The summed E-state index contributed by atoms with van der Waals surface area (Å²) in [6, 6.07) is 0. The summed E-state index contributed by atoms with van der Waals surface area (Å²) in [5, 5.41) is 9.77. The number of hydrogen-bond acceptors (Lipinski definition) is 1. The number of halogens is 3. The predicted molar refractivity (Wildman–Crippen MR) is 58.1 cm³/mol. The molecule has 2 aliphatic rings. The van der Waals surface area contributed by atoms with Crippen LogP contribution in [-0.2, 0) is 0 Å². The molecule has 1 unspecified atom stereocenters. The maximum Gasteiger partial charge on any atom is 0.332 e. The second-order valence-corrected chi connectivity index (χ2v) is 5.82. The van der Waals surface area contributed by atoms with Gasteiger partial charge in [-0.15, -0.1) is 0 Å². The van der Waals surface area contributed by atoms with Crippen LogP contribution in [0.4, 0.5) is 8.78 Å². The van der Waals surface area contributed by atoms with Crippen molar-refractivity contribution in [2.45, 2.75) is 49.0 Å². The third-order valence-electron chi connectivity index (χ3n) is 3.81. The maximum atomic E-state index is 13.1. The molecule has 0 aromatic rings. The fraction of sp³-hybridized carbons (Fsp3) is 0.818. The Labute approximate surface area is 96.7 Å². The number of allylic oxidation sites excluding steroid dienone is 1. The minimum atomic E-state index is -3.23. The van der Waals surface area contributed by atoms with Crippen LogP contribution in [0.5, 0.6) is 0 Å². The van der Waals surface area contributed by atoms with Crippen LogP contribution >= 0.6 is 15.9 Å². The number of alkyl halides is 3. The standard InChI is InChI=1S/C11H15BrF2O/c12-11(13,14)10(15)7-5-9(6-8-10)3-1-2-4-9/h5,7,15H,1-4,6,8H2. The molecule has 15 heavy (non-hydrogen) atoms. The Balaban J connectivity index is 2.18. The van der Waals surface area contributed by atoms with Crippen molar-refractivity contribution in [1.29, 1.82) is 0 Å².